The van der Waals surface area contributed by atoms with E-state index in [0.717, 1.165) is 0 Å². The van der Waals surface area contributed by atoms with Crippen LogP contribution in [0.2, 0.25) is 0 Å². The van der Waals surface area contributed by atoms with Crippen molar-refractivity contribution < 1.29 is 108 Å². The van der Waals surface area contributed by atoms with Gasteiger partial charge in [0, 0.05) is 7.92 Å². The van der Waals surface area contributed by atoms with Crippen molar-refractivity contribution in [1.82, 2.24) is 26.6 Å². The van der Waals surface area contributed by atoms with Gasteiger partial charge < -0.3 is 109 Å². The minimum atomic E-state index is -1.95. The molecule has 75 heavy (non-hydrogen) atoms. The van der Waals surface area contributed by atoms with Crippen molar-refractivity contribution in [2.24, 2.45) is 0 Å². The number of aliphatic hydroxyl groups is 6. The third-order valence-corrected chi connectivity index (χ3v) is 11.3. The second-order valence-electron chi connectivity index (χ2n) is 24.0. The van der Waals surface area contributed by atoms with E-state index in [2.05, 4.69) is 26.6 Å². The fraction of sp³-hybridized carbons (Fsp3) is 0.896. The normalized spacial score (nSPS) is 36.0. The predicted molar refractivity (Wildman–Crippen MR) is 259 cm³/mol. The molecule has 0 bridgehead atoms. The smallest absolute Gasteiger partial charge is 0.408 e. The Morgan fingerprint density at radius 2 is 0.840 bits per heavy atom. The Bertz CT molecular complexity index is 1960. The summed E-state index contributed by atoms with van der Waals surface area (Å²) in [5.74, 6) is 0. The zero-order chi connectivity index (χ0) is 57.8. The van der Waals surface area contributed by atoms with Crippen LogP contribution in [0.3, 0.4) is 0 Å². The van der Waals surface area contributed by atoms with Crippen molar-refractivity contribution in [3.8, 4) is 0 Å². The summed E-state index contributed by atoms with van der Waals surface area (Å²) in [5, 5.41) is 82.1. The Morgan fingerprint density at radius 3 is 1.31 bits per heavy atom. The van der Waals surface area contributed by atoms with Gasteiger partial charge in [0.05, 0.1) is 24.3 Å². The standard InChI is InChI=1S/C48H85N5O22/c1-20-27(54)30(57)25(52-42(63)74-47(12,13)14)36(65-20)68-33-21(2)66-38(32(33)59)70-35-28(55)22(50-40(61)72-45(6,7)8)18-23(51-41(62)73-46(9,10)11)34(35)69-37-26(53-43(64)75-48(15,16)17)31(58)29(56)24(67-37)19-49-39(60)71-44(3,4)5/h20-38,54-59H,18-19H2,1-17H3,(H,49,60)(H,50,61)(H,51,62)(H,52,63)(H,53,64)/i2T. The van der Waals surface area contributed by atoms with E-state index in [9.17, 15) is 54.6 Å². The second kappa shape index (κ2) is 24.7. The highest BCUT2D eigenvalue weighted by Gasteiger charge is 2.56. The maximum atomic E-state index is 13.7. The number of carbonyl (C=O) groups excluding carboxylic acids is 5. The lowest BCUT2D eigenvalue weighted by molar-refractivity contribution is -0.310. The first kappa shape index (κ1) is 61.7. The van der Waals surface area contributed by atoms with E-state index in [4.69, 9.17) is 53.5 Å². The molecule has 4 rings (SSSR count). The summed E-state index contributed by atoms with van der Waals surface area (Å²) in [6.07, 6.45) is -30.9. The summed E-state index contributed by atoms with van der Waals surface area (Å²) in [5.41, 5.74) is -5.13. The molecule has 0 spiro atoms. The number of ether oxygens (including phenoxy) is 11. The molecule has 3 aliphatic heterocycles. The highest BCUT2D eigenvalue weighted by atomic mass is 16.8. The predicted octanol–water partition coefficient (Wildman–Crippen LogP) is 1.02. The molecule has 0 radical (unpaired) electrons. The van der Waals surface area contributed by atoms with Gasteiger partial charge in [-0.05, 0) is 124 Å². The van der Waals surface area contributed by atoms with Crippen LogP contribution in [0.5, 0.6) is 0 Å². The average Bonchev–Trinajstić information content (AvgIpc) is 3.52. The number of amides is 5. The minimum Gasteiger partial charge on any atom is -0.444 e. The summed E-state index contributed by atoms with van der Waals surface area (Å²) in [4.78, 5) is 66.3. The van der Waals surface area contributed by atoms with E-state index < -0.39 is 188 Å². The zero-order valence-corrected chi connectivity index (χ0v) is 45.8. The van der Waals surface area contributed by atoms with Crippen LogP contribution in [0.15, 0.2) is 0 Å². The molecule has 19 atom stereocenters. The number of hydrogen-bond donors (Lipinski definition) is 11. The molecule has 5 amide bonds. The van der Waals surface area contributed by atoms with Gasteiger partial charge in [0.1, 0.15) is 101 Å². The number of hydrogen-bond acceptors (Lipinski definition) is 22. The van der Waals surface area contributed by atoms with E-state index in [-0.39, 0.29) is 6.42 Å². The van der Waals surface area contributed by atoms with E-state index in [1.54, 1.807) is 104 Å². The Balaban J connectivity index is 1.82. The van der Waals surface area contributed by atoms with Crippen LogP contribution in [-0.2, 0) is 52.1 Å². The van der Waals surface area contributed by atoms with E-state index in [0.29, 0.717) is 0 Å². The Kier molecular flexibility index (Phi) is 20.3. The molecule has 4 aliphatic rings. The number of alkyl carbamates (subject to hydrolysis) is 5. The molecule has 1 saturated carbocycles. The van der Waals surface area contributed by atoms with E-state index >= 15 is 0 Å². The molecule has 434 valence electrons. The molecule has 3 heterocycles. The molecule has 27 heteroatoms. The van der Waals surface area contributed by atoms with Gasteiger partial charge in [0.2, 0.25) is 0 Å². The summed E-state index contributed by atoms with van der Waals surface area (Å²) < 4.78 is 73.0. The fourth-order valence-corrected chi connectivity index (χ4v) is 8.24. The van der Waals surface area contributed by atoms with Crippen LogP contribution < -0.4 is 26.6 Å². The van der Waals surface area contributed by atoms with Gasteiger partial charge >= 0.3 is 30.5 Å². The average molecular weight is 1090 g/mol. The highest BCUT2D eigenvalue weighted by molar-refractivity contribution is 5.70. The largest absolute Gasteiger partial charge is 0.444 e. The Labute approximate surface area is 439 Å². The molecular formula is C48H85N5O22. The van der Waals surface area contributed by atoms with Crippen LogP contribution in [-0.4, -0.2) is 212 Å². The van der Waals surface area contributed by atoms with E-state index in [1.807, 2.05) is 0 Å². The fourth-order valence-electron chi connectivity index (χ4n) is 8.24. The van der Waals surface area contributed by atoms with Gasteiger partial charge in [-0.3, -0.25) is 0 Å². The lowest BCUT2D eigenvalue weighted by atomic mass is 9.83. The third-order valence-electron chi connectivity index (χ3n) is 11.3. The number of carbonyl (C=O) groups is 5. The molecule has 0 aromatic carbocycles. The van der Waals surface area contributed by atoms with Crippen molar-refractivity contribution >= 4 is 30.5 Å². The minimum absolute atomic E-state index is 0.386. The van der Waals surface area contributed by atoms with Crippen LogP contribution >= 0.6 is 0 Å². The zero-order valence-electron chi connectivity index (χ0n) is 46.8. The monoisotopic (exact) mass is 1090 g/mol. The summed E-state index contributed by atoms with van der Waals surface area (Å²) in [6, 6.07) is -6.05. The SMILES string of the molecule is [3H]CC1OC(OC2C(O)C(NC(=O)OC(C)(C)C)CC(NC(=O)OC(C)(C)C)C2OC2OC(CNC(=O)OC(C)(C)C)C(O)C(O)C2NC(=O)OC(C)(C)C)C(O)C1OC1OC(C)C(O)C(O)C1NC(=O)OC(C)(C)C. The molecule has 3 saturated heterocycles. The lowest BCUT2D eigenvalue weighted by Gasteiger charge is -2.49. The number of nitrogens with one attached hydrogen (secondary N) is 5. The topological polar surface area (TPSA) is 368 Å². The van der Waals surface area contributed by atoms with Gasteiger partial charge in [-0.15, -0.1) is 0 Å². The Hall–Kier alpha value is -4.13. The second-order valence-corrected chi connectivity index (χ2v) is 24.0. The van der Waals surface area contributed by atoms with Gasteiger partial charge in [-0.25, -0.2) is 24.0 Å². The van der Waals surface area contributed by atoms with Crippen LogP contribution in [0.4, 0.5) is 24.0 Å². The van der Waals surface area contributed by atoms with Crippen LogP contribution in [0, 0.1) is 0 Å². The van der Waals surface area contributed by atoms with Crippen molar-refractivity contribution in [3.63, 3.8) is 0 Å². The molecule has 19 unspecified atom stereocenters. The molecule has 11 N–H and O–H groups in total. The molecule has 0 aromatic heterocycles. The first-order valence-corrected chi connectivity index (χ1v) is 24.9. The highest BCUT2D eigenvalue weighted by Crippen LogP contribution is 2.36. The van der Waals surface area contributed by atoms with Crippen molar-refractivity contribution in [1.29, 1.82) is 0 Å². The molecular weight excluding hydrogens is 999 g/mol. The summed E-state index contributed by atoms with van der Waals surface area (Å²) >= 11 is 0. The third kappa shape index (κ3) is 19.1. The van der Waals surface area contributed by atoms with Gasteiger partial charge in [-0.1, -0.05) is 0 Å². The van der Waals surface area contributed by atoms with Crippen LogP contribution in [0.25, 0.3) is 0 Å². The quantitative estimate of drug-likeness (QED) is 0.122. The van der Waals surface area contributed by atoms with E-state index in [1.165, 1.54) is 6.92 Å². The maximum Gasteiger partial charge on any atom is 0.408 e. The number of rotatable bonds is 12. The van der Waals surface area contributed by atoms with Gasteiger partial charge in [0.25, 0.3) is 0 Å². The van der Waals surface area contributed by atoms with Gasteiger partial charge in [-0.2, -0.15) is 0 Å². The molecule has 0 aromatic rings. The summed E-state index contributed by atoms with van der Waals surface area (Å²) in [6.45, 7) is 24.2. The lowest BCUT2D eigenvalue weighted by Crippen LogP contribution is -2.70. The van der Waals surface area contributed by atoms with Crippen molar-refractivity contribution in [3.05, 3.63) is 0 Å². The molecule has 1 aliphatic carbocycles. The summed E-state index contributed by atoms with van der Waals surface area (Å²) in [7, 11) is 0. The first-order valence-electron chi connectivity index (χ1n) is 25.6. The van der Waals surface area contributed by atoms with Crippen molar-refractivity contribution in [2.45, 2.75) is 268 Å². The molecule has 27 nitrogen and oxygen atoms in total. The van der Waals surface area contributed by atoms with Crippen LogP contribution in [0.1, 0.15) is 125 Å². The maximum absolute atomic E-state index is 13.7. The first-order chi connectivity index (χ1) is 34.7. The van der Waals surface area contributed by atoms with Crippen molar-refractivity contribution in [2.75, 3.05) is 6.54 Å². The Morgan fingerprint density at radius 1 is 0.453 bits per heavy atom. The van der Waals surface area contributed by atoms with Gasteiger partial charge in [0.15, 0.2) is 18.9 Å². The molecule has 4 fully saturated rings. The number of aliphatic hydroxyl groups excluding tert-OH is 6.